The molecule has 8 nitrogen and oxygen atoms in total. The predicted molar refractivity (Wildman–Crippen MR) is 149 cm³/mol. The Morgan fingerprint density at radius 2 is 1.62 bits per heavy atom. The van der Waals surface area contributed by atoms with Gasteiger partial charge in [0.2, 0.25) is 0 Å². The van der Waals surface area contributed by atoms with E-state index in [0.29, 0.717) is 22.8 Å². The van der Waals surface area contributed by atoms with Crippen molar-refractivity contribution in [3.63, 3.8) is 0 Å². The Hall–Kier alpha value is -4.98. The van der Waals surface area contributed by atoms with Gasteiger partial charge in [-0.1, -0.05) is 54.6 Å². The molecule has 0 aliphatic heterocycles. The molecule has 0 aromatic heterocycles. The number of hydrogen-bond donors (Lipinski definition) is 2. The number of carboxylic acids is 1. The molecule has 1 aliphatic rings. The molecule has 5 rings (SSSR count). The molecule has 0 heterocycles. The Morgan fingerprint density at radius 1 is 0.875 bits per heavy atom. The van der Waals surface area contributed by atoms with Crippen molar-refractivity contribution in [2.75, 3.05) is 20.8 Å². The zero-order chi connectivity index (χ0) is 28.1. The number of fused-ring (bicyclic) bond motifs is 3. The maximum atomic E-state index is 13.2. The first-order valence-corrected chi connectivity index (χ1v) is 12.8. The molecule has 0 saturated heterocycles. The first kappa shape index (κ1) is 26.6. The second-order valence-corrected chi connectivity index (χ2v) is 9.29. The highest BCUT2D eigenvalue weighted by molar-refractivity contribution is 5.78. The van der Waals surface area contributed by atoms with Gasteiger partial charge in [0.1, 0.15) is 23.9 Å². The van der Waals surface area contributed by atoms with Gasteiger partial charge >= 0.3 is 12.1 Å². The van der Waals surface area contributed by atoms with Crippen LogP contribution in [-0.2, 0) is 22.6 Å². The molecule has 1 atom stereocenters. The fraction of sp³-hybridized carbons (Fsp3) is 0.188. The van der Waals surface area contributed by atoms with Crippen LogP contribution in [0.3, 0.4) is 0 Å². The van der Waals surface area contributed by atoms with Crippen LogP contribution in [0.1, 0.15) is 33.9 Å². The second kappa shape index (κ2) is 11.8. The van der Waals surface area contributed by atoms with Crippen LogP contribution < -0.4 is 19.5 Å². The van der Waals surface area contributed by atoms with E-state index in [1.54, 1.807) is 50.6 Å². The SMILES string of the molecule is COc1ccc(C(NC(=O)OCc2cccc3c2Cc2ccccc2-3)c2ccc(OCC(=O)O)cc2)c(OC)c1. The number of carboxylic acid groups (broad SMARTS) is 1. The van der Waals surface area contributed by atoms with Crippen molar-refractivity contribution in [1.29, 1.82) is 0 Å². The lowest BCUT2D eigenvalue weighted by Gasteiger charge is -2.22. The molecule has 4 aromatic rings. The largest absolute Gasteiger partial charge is 0.497 e. The van der Waals surface area contributed by atoms with Crippen molar-refractivity contribution in [2.24, 2.45) is 0 Å². The van der Waals surface area contributed by atoms with Crippen molar-refractivity contribution >= 4 is 12.1 Å². The Balaban J connectivity index is 1.36. The van der Waals surface area contributed by atoms with Crippen LogP contribution in [0.5, 0.6) is 17.2 Å². The van der Waals surface area contributed by atoms with Crippen molar-refractivity contribution < 1.29 is 33.6 Å². The summed E-state index contributed by atoms with van der Waals surface area (Å²) in [7, 11) is 3.11. The summed E-state index contributed by atoms with van der Waals surface area (Å²) in [5.41, 5.74) is 7.19. The summed E-state index contributed by atoms with van der Waals surface area (Å²) in [5, 5.41) is 11.9. The molecule has 0 bridgehead atoms. The molecule has 4 aromatic carbocycles. The standard InChI is InChI=1S/C32H29NO7/c1-37-24-14-15-27(29(17-24)38-2)31(20-10-12-23(13-11-20)39-19-30(34)35)33-32(36)40-18-22-7-5-9-26-25-8-4-3-6-21(25)16-28(22)26/h3-15,17,31H,16,18-19H2,1-2H3,(H,33,36)(H,34,35). The number of rotatable bonds is 10. The number of carbonyl (C=O) groups excluding carboxylic acids is 1. The molecule has 1 unspecified atom stereocenters. The third-order valence-corrected chi connectivity index (χ3v) is 6.90. The third-order valence-electron chi connectivity index (χ3n) is 6.90. The molecule has 40 heavy (non-hydrogen) atoms. The fourth-order valence-corrected chi connectivity index (χ4v) is 4.96. The lowest BCUT2D eigenvalue weighted by molar-refractivity contribution is -0.139. The van der Waals surface area contributed by atoms with Gasteiger partial charge in [0.15, 0.2) is 6.61 Å². The highest BCUT2D eigenvalue weighted by Gasteiger charge is 2.24. The van der Waals surface area contributed by atoms with Crippen LogP contribution in [0, 0.1) is 0 Å². The van der Waals surface area contributed by atoms with Gasteiger partial charge in [-0.25, -0.2) is 9.59 Å². The van der Waals surface area contributed by atoms with Gasteiger partial charge in [-0.3, -0.25) is 0 Å². The number of methoxy groups -OCH3 is 2. The molecule has 0 saturated carbocycles. The summed E-state index contributed by atoms with van der Waals surface area (Å²) >= 11 is 0. The Morgan fingerprint density at radius 3 is 2.38 bits per heavy atom. The average Bonchev–Trinajstić information content (AvgIpc) is 3.37. The maximum Gasteiger partial charge on any atom is 0.408 e. The van der Waals surface area contributed by atoms with Gasteiger partial charge in [0.05, 0.1) is 20.3 Å². The number of nitrogens with one attached hydrogen (secondary N) is 1. The van der Waals surface area contributed by atoms with E-state index < -0.39 is 24.7 Å². The van der Waals surface area contributed by atoms with E-state index in [1.165, 1.54) is 22.3 Å². The number of amides is 1. The van der Waals surface area contributed by atoms with Crippen molar-refractivity contribution in [2.45, 2.75) is 19.1 Å². The number of aliphatic carboxylic acids is 1. The molecule has 0 fully saturated rings. The number of benzene rings is 4. The Bertz CT molecular complexity index is 1530. The van der Waals surface area contributed by atoms with E-state index in [1.807, 2.05) is 30.3 Å². The van der Waals surface area contributed by atoms with Gasteiger partial charge in [0.25, 0.3) is 0 Å². The van der Waals surface area contributed by atoms with Gasteiger partial charge in [-0.15, -0.1) is 0 Å². The average molecular weight is 540 g/mol. The molecule has 1 aliphatic carbocycles. The van der Waals surface area contributed by atoms with Gasteiger partial charge < -0.3 is 29.4 Å². The molecule has 8 heteroatoms. The minimum atomic E-state index is -1.07. The van der Waals surface area contributed by atoms with Crippen LogP contribution >= 0.6 is 0 Å². The summed E-state index contributed by atoms with van der Waals surface area (Å²) in [6.45, 7) is -0.328. The zero-order valence-corrected chi connectivity index (χ0v) is 22.2. The summed E-state index contributed by atoms with van der Waals surface area (Å²) in [6.07, 6.45) is 0.205. The maximum absolute atomic E-state index is 13.2. The molecule has 0 spiro atoms. The number of carbonyl (C=O) groups is 2. The minimum Gasteiger partial charge on any atom is -0.497 e. The molecule has 1 amide bonds. The predicted octanol–water partition coefficient (Wildman–Crippen LogP) is 5.75. The van der Waals surface area contributed by atoms with E-state index in [0.717, 1.165) is 17.5 Å². The lowest BCUT2D eigenvalue weighted by atomic mass is 9.97. The van der Waals surface area contributed by atoms with E-state index in [4.69, 9.17) is 24.1 Å². The van der Waals surface area contributed by atoms with Crippen molar-refractivity contribution in [1.82, 2.24) is 5.32 Å². The molecule has 204 valence electrons. The van der Waals surface area contributed by atoms with Crippen LogP contribution in [0.15, 0.2) is 84.9 Å². The summed E-state index contributed by atoms with van der Waals surface area (Å²) in [5.74, 6) is 0.461. The van der Waals surface area contributed by atoms with Crippen LogP contribution in [-0.4, -0.2) is 38.0 Å². The minimum absolute atomic E-state index is 0.122. The van der Waals surface area contributed by atoms with Crippen LogP contribution in [0.25, 0.3) is 11.1 Å². The first-order valence-electron chi connectivity index (χ1n) is 12.8. The highest BCUT2D eigenvalue weighted by Crippen LogP contribution is 2.38. The monoisotopic (exact) mass is 539 g/mol. The van der Waals surface area contributed by atoms with E-state index in [9.17, 15) is 9.59 Å². The fourth-order valence-electron chi connectivity index (χ4n) is 4.96. The van der Waals surface area contributed by atoms with E-state index in [-0.39, 0.29) is 6.61 Å². The topological polar surface area (TPSA) is 103 Å². The quantitative estimate of drug-likeness (QED) is 0.233. The van der Waals surface area contributed by atoms with Crippen LogP contribution in [0.2, 0.25) is 0 Å². The zero-order valence-electron chi connectivity index (χ0n) is 22.2. The second-order valence-electron chi connectivity index (χ2n) is 9.29. The Kier molecular flexibility index (Phi) is 7.87. The number of ether oxygens (including phenoxy) is 4. The van der Waals surface area contributed by atoms with E-state index in [2.05, 4.69) is 23.5 Å². The van der Waals surface area contributed by atoms with Gasteiger partial charge in [-0.2, -0.15) is 0 Å². The highest BCUT2D eigenvalue weighted by atomic mass is 16.5. The Labute approximate surface area is 232 Å². The normalized spacial score (nSPS) is 12.1. The molecular formula is C32H29NO7. The first-order chi connectivity index (χ1) is 19.5. The molecular weight excluding hydrogens is 510 g/mol. The third kappa shape index (κ3) is 5.71. The lowest BCUT2D eigenvalue weighted by Crippen LogP contribution is -2.30. The van der Waals surface area contributed by atoms with Gasteiger partial charge in [0, 0.05) is 11.6 Å². The smallest absolute Gasteiger partial charge is 0.408 e. The van der Waals surface area contributed by atoms with E-state index >= 15 is 0 Å². The summed E-state index contributed by atoms with van der Waals surface area (Å²) in [6, 6.07) is 25.9. The summed E-state index contributed by atoms with van der Waals surface area (Å²) < 4.78 is 21.9. The summed E-state index contributed by atoms with van der Waals surface area (Å²) in [4.78, 5) is 24.0. The van der Waals surface area contributed by atoms with Crippen molar-refractivity contribution in [3.8, 4) is 28.4 Å². The number of alkyl carbamates (subject to hydrolysis) is 1. The number of hydrogen-bond acceptors (Lipinski definition) is 6. The van der Waals surface area contributed by atoms with Gasteiger partial charge in [-0.05, 0) is 64.1 Å². The van der Waals surface area contributed by atoms with Crippen LogP contribution in [0.4, 0.5) is 4.79 Å². The van der Waals surface area contributed by atoms with Crippen molar-refractivity contribution in [3.05, 3.63) is 113 Å². The molecule has 0 radical (unpaired) electrons. The molecule has 2 N–H and O–H groups in total.